The number of allylic oxidation sites excluding steroid dienone is 3. The number of carbonyl (C=O) groups is 2. The number of amides is 3. The van der Waals surface area contributed by atoms with Gasteiger partial charge in [-0.1, -0.05) is 6.08 Å². The minimum Gasteiger partial charge on any atom is -0.381 e. The Morgan fingerprint density at radius 3 is 2.81 bits per heavy atom. The van der Waals surface area contributed by atoms with Crippen LogP contribution < -0.4 is 10.6 Å². The number of ether oxygens (including phenoxy) is 1. The van der Waals surface area contributed by atoms with E-state index >= 15 is 0 Å². The van der Waals surface area contributed by atoms with Crippen molar-refractivity contribution in [2.45, 2.75) is 43.7 Å². The molecule has 5 rings (SSSR count). The van der Waals surface area contributed by atoms with Crippen molar-refractivity contribution in [1.82, 2.24) is 20.2 Å². The molecule has 160 valence electrons. The lowest BCUT2D eigenvalue weighted by Gasteiger charge is -2.29. The number of nitrogens with one attached hydrogen (secondary N) is 2. The van der Waals surface area contributed by atoms with Gasteiger partial charge in [0, 0.05) is 25.6 Å². The summed E-state index contributed by atoms with van der Waals surface area (Å²) in [7, 11) is 3.40. The molecule has 31 heavy (non-hydrogen) atoms. The first-order chi connectivity index (χ1) is 15.1. The summed E-state index contributed by atoms with van der Waals surface area (Å²) in [6.07, 6.45) is 10.3. The van der Waals surface area contributed by atoms with E-state index in [0.717, 1.165) is 48.2 Å². The van der Waals surface area contributed by atoms with E-state index < -0.39 is 0 Å². The van der Waals surface area contributed by atoms with Gasteiger partial charge in [0.25, 0.3) is 5.91 Å². The van der Waals surface area contributed by atoms with Crippen molar-refractivity contribution < 1.29 is 14.3 Å². The van der Waals surface area contributed by atoms with Gasteiger partial charge in [-0.15, -0.1) is 0 Å². The SMILES string of the molecule is CNC(=O)c1ccc2c(c1)nc(C1CCC(OC)CC1)n2C1C=CC2=NC(=O)NC2=C1. The van der Waals surface area contributed by atoms with Gasteiger partial charge in [-0.3, -0.25) is 4.79 Å². The molecule has 0 spiro atoms. The molecule has 1 saturated carbocycles. The van der Waals surface area contributed by atoms with Crippen LogP contribution in [0.25, 0.3) is 11.0 Å². The van der Waals surface area contributed by atoms with E-state index in [9.17, 15) is 9.59 Å². The summed E-state index contributed by atoms with van der Waals surface area (Å²) < 4.78 is 7.77. The van der Waals surface area contributed by atoms with Gasteiger partial charge in [0.1, 0.15) is 5.82 Å². The maximum absolute atomic E-state index is 12.1. The highest BCUT2D eigenvalue weighted by Crippen LogP contribution is 2.38. The minimum absolute atomic E-state index is 0.0987. The maximum Gasteiger partial charge on any atom is 0.346 e. The first-order valence-electron chi connectivity index (χ1n) is 10.6. The Balaban J connectivity index is 1.59. The molecule has 1 unspecified atom stereocenters. The monoisotopic (exact) mass is 419 g/mol. The van der Waals surface area contributed by atoms with Crippen molar-refractivity contribution >= 4 is 28.7 Å². The van der Waals surface area contributed by atoms with Gasteiger partial charge in [-0.05, 0) is 56.0 Å². The largest absolute Gasteiger partial charge is 0.381 e. The summed E-state index contributed by atoms with van der Waals surface area (Å²) in [6, 6.07) is 5.20. The van der Waals surface area contributed by atoms with E-state index in [-0.39, 0.29) is 18.0 Å². The number of aromatic nitrogens is 2. The van der Waals surface area contributed by atoms with Gasteiger partial charge in [0.2, 0.25) is 0 Å². The van der Waals surface area contributed by atoms with E-state index in [2.05, 4.69) is 20.2 Å². The highest BCUT2D eigenvalue weighted by Gasteiger charge is 2.30. The normalized spacial score (nSPS) is 25.1. The Bertz CT molecular complexity index is 1150. The molecule has 2 heterocycles. The second-order valence-corrected chi connectivity index (χ2v) is 8.19. The molecule has 3 amide bonds. The number of rotatable bonds is 4. The summed E-state index contributed by atoms with van der Waals surface area (Å²) in [5.41, 5.74) is 3.74. The fourth-order valence-electron chi connectivity index (χ4n) is 4.77. The lowest BCUT2D eigenvalue weighted by atomic mass is 9.86. The van der Waals surface area contributed by atoms with Crippen LogP contribution in [-0.2, 0) is 4.74 Å². The molecule has 1 fully saturated rings. The summed E-state index contributed by atoms with van der Waals surface area (Å²) in [5.74, 6) is 1.19. The number of aliphatic imine (C=N–C) groups is 1. The van der Waals surface area contributed by atoms with Crippen LogP contribution in [0.4, 0.5) is 4.79 Å². The number of benzene rings is 1. The van der Waals surface area contributed by atoms with Crippen molar-refractivity contribution in [2.24, 2.45) is 4.99 Å². The van der Waals surface area contributed by atoms with Crippen LogP contribution in [0, 0.1) is 0 Å². The molecule has 8 heteroatoms. The second-order valence-electron chi connectivity index (χ2n) is 8.19. The third-order valence-electron chi connectivity index (χ3n) is 6.41. The topological polar surface area (TPSA) is 97.6 Å². The summed E-state index contributed by atoms with van der Waals surface area (Å²) >= 11 is 0. The maximum atomic E-state index is 12.1. The van der Waals surface area contributed by atoms with Crippen molar-refractivity contribution in [3.05, 3.63) is 53.5 Å². The third-order valence-corrected chi connectivity index (χ3v) is 6.41. The van der Waals surface area contributed by atoms with Crippen LogP contribution in [0.1, 0.15) is 53.8 Å². The molecular weight excluding hydrogens is 394 g/mol. The molecule has 2 aliphatic carbocycles. The van der Waals surface area contributed by atoms with E-state index in [1.807, 2.05) is 36.4 Å². The number of urea groups is 1. The van der Waals surface area contributed by atoms with Crippen molar-refractivity contribution in [3.8, 4) is 0 Å². The van der Waals surface area contributed by atoms with Gasteiger partial charge < -0.3 is 19.9 Å². The second kappa shape index (κ2) is 7.77. The number of hydrogen-bond acceptors (Lipinski definition) is 4. The minimum atomic E-state index is -0.338. The van der Waals surface area contributed by atoms with Crippen LogP contribution in [0.3, 0.4) is 0 Å². The van der Waals surface area contributed by atoms with Crippen molar-refractivity contribution in [2.75, 3.05) is 14.2 Å². The molecule has 1 aliphatic heterocycles. The average Bonchev–Trinajstić information content (AvgIpc) is 3.36. The van der Waals surface area contributed by atoms with Crippen LogP contribution >= 0.6 is 0 Å². The number of nitrogens with zero attached hydrogens (tertiary/aromatic N) is 3. The van der Waals surface area contributed by atoms with Gasteiger partial charge in [0.05, 0.1) is 34.6 Å². The predicted molar refractivity (Wildman–Crippen MR) is 117 cm³/mol. The number of carbonyl (C=O) groups excluding carboxylic acids is 2. The lowest BCUT2D eigenvalue weighted by molar-refractivity contribution is 0.0648. The van der Waals surface area contributed by atoms with E-state index in [4.69, 9.17) is 9.72 Å². The smallest absolute Gasteiger partial charge is 0.346 e. The van der Waals surface area contributed by atoms with Crippen LogP contribution in [-0.4, -0.2) is 47.5 Å². The van der Waals surface area contributed by atoms with Crippen LogP contribution in [0.5, 0.6) is 0 Å². The molecule has 0 radical (unpaired) electrons. The average molecular weight is 419 g/mol. The Morgan fingerprint density at radius 2 is 2.06 bits per heavy atom. The third kappa shape index (κ3) is 3.46. The highest BCUT2D eigenvalue weighted by molar-refractivity contribution is 6.19. The van der Waals surface area contributed by atoms with E-state index in [1.54, 1.807) is 14.2 Å². The molecule has 0 bridgehead atoms. The molecule has 8 nitrogen and oxygen atoms in total. The molecule has 1 atom stereocenters. The van der Waals surface area contributed by atoms with Crippen LogP contribution in [0.2, 0.25) is 0 Å². The van der Waals surface area contributed by atoms with Crippen molar-refractivity contribution in [1.29, 1.82) is 0 Å². The standard InChI is InChI=1S/C23H25N5O3/c1-24-22(29)14-5-10-20-19(11-14)25-21(13-3-7-16(31-2)8-4-13)28(20)15-6-9-17-18(12-15)27-23(30)26-17/h5-6,9-13,15-16H,3-4,7-8H2,1-2H3,(H,24,29)(H,27,30). The predicted octanol–water partition coefficient (Wildman–Crippen LogP) is 3.23. The van der Waals surface area contributed by atoms with Crippen LogP contribution in [0.15, 0.2) is 47.1 Å². The van der Waals surface area contributed by atoms with E-state index in [0.29, 0.717) is 23.3 Å². The van der Waals surface area contributed by atoms with E-state index in [1.165, 1.54) is 0 Å². The van der Waals surface area contributed by atoms with Gasteiger partial charge in [-0.2, -0.15) is 4.99 Å². The first-order valence-corrected chi connectivity index (χ1v) is 10.6. The molecule has 1 aromatic carbocycles. The van der Waals surface area contributed by atoms with Gasteiger partial charge >= 0.3 is 6.03 Å². The number of fused-ring (bicyclic) bond motifs is 2. The molecule has 1 aromatic heterocycles. The molecule has 0 saturated heterocycles. The fourth-order valence-corrected chi connectivity index (χ4v) is 4.77. The Hall–Kier alpha value is -3.26. The van der Waals surface area contributed by atoms with Gasteiger partial charge in [0.15, 0.2) is 0 Å². The highest BCUT2D eigenvalue weighted by atomic mass is 16.5. The van der Waals surface area contributed by atoms with Gasteiger partial charge in [-0.25, -0.2) is 9.78 Å². The summed E-state index contributed by atoms with van der Waals surface area (Å²) in [5, 5.41) is 5.48. The zero-order valence-electron chi connectivity index (χ0n) is 17.6. The Morgan fingerprint density at radius 1 is 1.26 bits per heavy atom. The Kier molecular flexibility index (Phi) is 4.94. The number of hydrogen-bond donors (Lipinski definition) is 2. The Labute approximate surface area is 180 Å². The number of methoxy groups -OCH3 is 1. The molecule has 2 N–H and O–H groups in total. The quantitative estimate of drug-likeness (QED) is 0.795. The summed E-state index contributed by atoms with van der Waals surface area (Å²) in [4.78, 5) is 32.8. The molecule has 2 aromatic rings. The fraction of sp³-hybridized carbons (Fsp3) is 0.391. The first kappa shape index (κ1) is 19.7. The molecule has 3 aliphatic rings. The zero-order chi connectivity index (χ0) is 21.5. The van der Waals surface area contributed by atoms with Crippen molar-refractivity contribution in [3.63, 3.8) is 0 Å². The lowest BCUT2D eigenvalue weighted by Crippen LogP contribution is -2.23. The summed E-state index contributed by atoms with van der Waals surface area (Å²) in [6.45, 7) is 0. The zero-order valence-corrected chi connectivity index (χ0v) is 17.6. The molecular formula is C23H25N5O3. The number of imidazole rings is 1.